The van der Waals surface area contributed by atoms with Gasteiger partial charge in [-0.15, -0.1) is 0 Å². The third kappa shape index (κ3) is 4.60. The van der Waals surface area contributed by atoms with Crippen LogP contribution in [0.1, 0.15) is 39.7 Å². The average Bonchev–Trinajstić information content (AvgIpc) is 2.37. The van der Waals surface area contributed by atoms with Crippen LogP contribution in [0.2, 0.25) is 0 Å². The van der Waals surface area contributed by atoms with Crippen molar-refractivity contribution in [3.63, 3.8) is 0 Å². The van der Waals surface area contributed by atoms with Crippen LogP contribution in [0.3, 0.4) is 0 Å². The van der Waals surface area contributed by atoms with Crippen LogP contribution in [0.5, 0.6) is 0 Å². The molecule has 0 saturated heterocycles. The number of benzene rings is 1. The van der Waals surface area contributed by atoms with E-state index in [-0.39, 0.29) is 22.1 Å². The first kappa shape index (κ1) is 16.6. The van der Waals surface area contributed by atoms with Crippen LogP contribution < -0.4 is 5.32 Å². The second-order valence-corrected chi connectivity index (χ2v) is 6.58. The maximum absolute atomic E-state index is 11.1. The number of hydrogen-bond acceptors (Lipinski definition) is 3. The van der Waals surface area contributed by atoms with E-state index in [9.17, 15) is 10.1 Å². The molecule has 0 aliphatic heterocycles. The minimum atomic E-state index is -0.296. The standard InChI is InChI=1S/C16H26N2O2/c1-12(16(2,3)4)10-14(17-5)11-13-8-6-7-9-15(13)18(19)20/h6-9,12,14,17H,10-11H2,1-5H3. The van der Waals surface area contributed by atoms with Gasteiger partial charge in [-0.05, 0) is 31.2 Å². The minimum Gasteiger partial charge on any atom is -0.317 e. The summed E-state index contributed by atoms with van der Waals surface area (Å²) >= 11 is 0. The van der Waals surface area contributed by atoms with Gasteiger partial charge in [0.25, 0.3) is 5.69 Å². The maximum Gasteiger partial charge on any atom is 0.272 e. The summed E-state index contributed by atoms with van der Waals surface area (Å²) in [5, 5.41) is 14.4. The Kier molecular flexibility index (Phi) is 5.69. The van der Waals surface area contributed by atoms with Gasteiger partial charge in [0.15, 0.2) is 0 Å². The lowest BCUT2D eigenvalue weighted by Crippen LogP contribution is -2.33. The predicted octanol–water partition coefficient (Wildman–Crippen LogP) is 3.80. The first-order chi connectivity index (χ1) is 9.25. The predicted molar refractivity (Wildman–Crippen MR) is 82.9 cm³/mol. The van der Waals surface area contributed by atoms with E-state index in [1.54, 1.807) is 12.1 Å². The summed E-state index contributed by atoms with van der Waals surface area (Å²) in [6, 6.07) is 7.26. The normalized spacial score (nSPS) is 14.8. The van der Waals surface area contributed by atoms with E-state index in [0.29, 0.717) is 12.3 Å². The molecule has 4 nitrogen and oxygen atoms in total. The molecule has 1 aromatic rings. The molecule has 1 aromatic carbocycles. The van der Waals surface area contributed by atoms with Gasteiger partial charge < -0.3 is 5.32 Å². The Morgan fingerprint density at radius 3 is 2.40 bits per heavy atom. The van der Waals surface area contributed by atoms with Gasteiger partial charge in [-0.1, -0.05) is 45.9 Å². The molecule has 1 N–H and O–H groups in total. The summed E-state index contributed by atoms with van der Waals surface area (Å²) in [6.07, 6.45) is 1.69. The van der Waals surface area contributed by atoms with Crippen molar-refractivity contribution >= 4 is 5.69 Å². The summed E-state index contributed by atoms with van der Waals surface area (Å²) in [5.74, 6) is 0.544. The second-order valence-electron chi connectivity index (χ2n) is 6.58. The molecule has 0 spiro atoms. The number of nitrogens with one attached hydrogen (secondary N) is 1. The molecule has 0 saturated carbocycles. The fraction of sp³-hybridized carbons (Fsp3) is 0.625. The third-order valence-corrected chi connectivity index (χ3v) is 4.18. The zero-order valence-electron chi connectivity index (χ0n) is 13.1. The van der Waals surface area contributed by atoms with Crippen LogP contribution >= 0.6 is 0 Å². The molecular formula is C16H26N2O2. The van der Waals surface area contributed by atoms with Crippen molar-refractivity contribution in [2.45, 2.75) is 46.6 Å². The third-order valence-electron chi connectivity index (χ3n) is 4.18. The van der Waals surface area contributed by atoms with Crippen molar-refractivity contribution < 1.29 is 4.92 Å². The molecule has 2 unspecified atom stereocenters. The smallest absolute Gasteiger partial charge is 0.272 e. The molecular weight excluding hydrogens is 252 g/mol. The number of para-hydroxylation sites is 1. The molecule has 0 aliphatic carbocycles. The summed E-state index contributed by atoms with van der Waals surface area (Å²) in [6.45, 7) is 8.93. The fourth-order valence-electron chi connectivity index (χ4n) is 2.21. The molecule has 2 atom stereocenters. The fourth-order valence-corrected chi connectivity index (χ4v) is 2.21. The molecule has 20 heavy (non-hydrogen) atoms. The molecule has 112 valence electrons. The summed E-state index contributed by atoms with van der Waals surface area (Å²) in [5.41, 5.74) is 1.27. The van der Waals surface area contributed by atoms with Gasteiger partial charge in [-0.25, -0.2) is 0 Å². The highest BCUT2D eigenvalue weighted by atomic mass is 16.6. The van der Waals surface area contributed by atoms with Crippen molar-refractivity contribution in [3.05, 3.63) is 39.9 Å². The lowest BCUT2D eigenvalue weighted by atomic mass is 9.78. The molecule has 0 radical (unpaired) electrons. The molecule has 0 heterocycles. The van der Waals surface area contributed by atoms with E-state index < -0.39 is 0 Å². The Morgan fingerprint density at radius 2 is 1.90 bits per heavy atom. The van der Waals surface area contributed by atoms with Crippen LogP contribution in [-0.2, 0) is 6.42 Å². The Morgan fingerprint density at radius 1 is 1.30 bits per heavy atom. The number of hydrogen-bond donors (Lipinski definition) is 1. The Hall–Kier alpha value is -1.42. The number of nitrogens with zero attached hydrogens (tertiary/aromatic N) is 1. The van der Waals surface area contributed by atoms with E-state index in [4.69, 9.17) is 0 Å². The van der Waals surface area contributed by atoms with Crippen LogP contribution in [0.25, 0.3) is 0 Å². The first-order valence-electron chi connectivity index (χ1n) is 7.15. The van der Waals surface area contributed by atoms with Gasteiger partial charge >= 0.3 is 0 Å². The highest BCUT2D eigenvalue weighted by Crippen LogP contribution is 2.30. The SMILES string of the molecule is CNC(Cc1ccccc1[N+](=O)[O-])CC(C)C(C)(C)C. The minimum absolute atomic E-state index is 0.219. The van der Waals surface area contributed by atoms with E-state index in [0.717, 1.165) is 12.0 Å². The van der Waals surface area contributed by atoms with Crippen LogP contribution in [0.4, 0.5) is 5.69 Å². The Bertz CT molecular complexity index is 452. The van der Waals surface area contributed by atoms with Crippen LogP contribution in [0, 0.1) is 21.4 Å². The van der Waals surface area contributed by atoms with Gasteiger partial charge in [0.2, 0.25) is 0 Å². The highest BCUT2D eigenvalue weighted by Gasteiger charge is 2.24. The van der Waals surface area contributed by atoms with Crippen LogP contribution in [0.15, 0.2) is 24.3 Å². The summed E-state index contributed by atoms with van der Waals surface area (Å²) in [7, 11) is 1.93. The van der Waals surface area contributed by atoms with Crippen molar-refractivity contribution in [2.24, 2.45) is 11.3 Å². The quantitative estimate of drug-likeness (QED) is 0.636. The van der Waals surface area contributed by atoms with Gasteiger partial charge in [0.1, 0.15) is 0 Å². The van der Waals surface area contributed by atoms with Gasteiger partial charge in [-0.2, -0.15) is 0 Å². The molecule has 0 aromatic heterocycles. The molecule has 0 bridgehead atoms. The summed E-state index contributed by atoms with van der Waals surface area (Å²) in [4.78, 5) is 10.8. The number of nitro benzene ring substituents is 1. The average molecular weight is 278 g/mol. The molecule has 0 aliphatic rings. The molecule has 4 heteroatoms. The van der Waals surface area contributed by atoms with E-state index in [1.807, 2.05) is 19.2 Å². The zero-order chi connectivity index (χ0) is 15.3. The Labute approximate surface area is 121 Å². The van der Waals surface area contributed by atoms with Crippen molar-refractivity contribution in [2.75, 3.05) is 7.05 Å². The van der Waals surface area contributed by atoms with E-state index >= 15 is 0 Å². The highest BCUT2D eigenvalue weighted by molar-refractivity contribution is 5.40. The zero-order valence-corrected chi connectivity index (χ0v) is 13.1. The largest absolute Gasteiger partial charge is 0.317 e. The van der Waals surface area contributed by atoms with Gasteiger partial charge in [0, 0.05) is 17.7 Å². The second kappa shape index (κ2) is 6.84. The Balaban J connectivity index is 2.82. The van der Waals surface area contributed by atoms with Gasteiger partial charge in [0.05, 0.1) is 4.92 Å². The number of rotatable bonds is 6. The van der Waals surface area contributed by atoms with Crippen molar-refractivity contribution in [1.82, 2.24) is 5.32 Å². The molecule has 1 rings (SSSR count). The monoisotopic (exact) mass is 278 g/mol. The maximum atomic E-state index is 11.1. The van der Waals surface area contributed by atoms with Crippen LogP contribution in [-0.4, -0.2) is 18.0 Å². The number of likely N-dealkylation sites (N-methyl/N-ethyl adjacent to an activating group) is 1. The summed E-state index contributed by atoms with van der Waals surface area (Å²) < 4.78 is 0. The lowest BCUT2D eigenvalue weighted by molar-refractivity contribution is -0.385. The van der Waals surface area contributed by atoms with E-state index in [1.165, 1.54) is 0 Å². The van der Waals surface area contributed by atoms with E-state index in [2.05, 4.69) is 33.0 Å². The molecule has 0 fully saturated rings. The topological polar surface area (TPSA) is 55.2 Å². The lowest BCUT2D eigenvalue weighted by Gasteiger charge is -2.30. The van der Waals surface area contributed by atoms with Gasteiger partial charge in [-0.3, -0.25) is 10.1 Å². The molecule has 0 amide bonds. The van der Waals surface area contributed by atoms with Crippen molar-refractivity contribution in [1.29, 1.82) is 0 Å². The van der Waals surface area contributed by atoms with Crippen molar-refractivity contribution in [3.8, 4) is 0 Å². The first-order valence-corrected chi connectivity index (χ1v) is 7.15. The number of nitro groups is 1.